The zero-order chi connectivity index (χ0) is 13.0. The molecule has 2 heterocycles. The van der Waals surface area contributed by atoms with Crippen molar-refractivity contribution >= 4 is 11.8 Å². The summed E-state index contributed by atoms with van der Waals surface area (Å²) in [6.07, 6.45) is 4.12. The molecule has 0 atom stereocenters. The van der Waals surface area contributed by atoms with Crippen LogP contribution in [0.1, 0.15) is 22.8 Å². The molecule has 0 saturated heterocycles. The second kappa shape index (κ2) is 6.11. The summed E-state index contributed by atoms with van der Waals surface area (Å²) in [7, 11) is 1.94. The van der Waals surface area contributed by atoms with Crippen LogP contribution < -0.4 is 5.32 Å². The lowest BCUT2D eigenvalue weighted by Gasteiger charge is -2.01. The van der Waals surface area contributed by atoms with Crippen molar-refractivity contribution < 1.29 is 4.42 Å². The molecule has 18 heavy (non-hydrogen) atoms. The first-order chi connectivity index (χ1) is 8.69. The van der Waals surface area contributed by atoms with E-state index in [9.17, 15) is 0 Å². The summed E-state index contributed by atoms with van der Waals surface area (Å²) in [5, 5.41) is 7.69. The van der Waals surface area contributed by atoms with Crippen LogP contribution in [0.4, 0.5) is 0 Å². The van der Waals surface area contributed by atoms with Crippen LogP contribution >= 0.6 is 11.8 Å². The summed E-state index contributed by atoms with van der Waals surface area (Å²) < 4.78 is 7.54. The van der Waals surface area contributed by atoms with Crippen LogP contribution in [0.5, 0.6) is 0 Å². The van der Waals surface area contributed by atoms with Crippen molar-refractivity contribution in [1.82, 2.24) is 15.1 Å². The second-order valence-electron chi connectivity index (χ2n) is 4.32. The summed E-state index contributed by atoms with van der Waals surface area (Å²) in [4.78, 5) is 0. The Morgan fingerprint density at radius 3 is 2.78 bits per heavy atom. The van der Waals surface area contributed by atoms with Crippen molar-refractivity contribution in [2.24, 2.45) is 7.05 Å². The smallest absolute Gasteiger partial charge is 0.118 e. The van der Waals surface area contributed by atoms with Crippen molar-refractivity contribution in [2.45, 2.75) is 25.8 Å². The molecule has 0 unspecified atom stereocenters. The zero-order valence-electron chi connectivity index (χ0n) is 11.1. The van der Waals surface area contributed by atoms with Crippen LogP contribution in [0.2, 0.25) is 0 Å². The van der Waals surface area contributed by atoms with E-state index < -0.39 is 0 Å². The molecule has 0 radical (unpaired) electrons. The van der Waals surface area contributed by atoms with E-state index in [0.29, 0.717) is 0 Å². The van der Waals surface area contributed by atoms with Gasteiger partial charge in [-0.1, -0.05) is 0 Å². The third kappa shape index (κ3) is 3.40. The Morgan fingerprint density at radius 2 is 2.11 bits per heavy atom. The van der Waals surface area contributed by atoms with Gasteiger partial charge in [-0.2, -0.15) is 16.9 Å². The maximum Gasteiger partial charge on any atom is 0.118 e. The van der Waals surface area contributed by atoms with Gasteiger partial charge in [0, 0.05) is 25.4 Å². The highest BCUT2D eigenvalue weighted by atomic mass is 32.2. The van der Waals surface area contributed by atoms with Gasteiger partial charge in [-0.05, 0) is 25.3 Å². The quantitative estimate of drug-likeness (QED) is 0.871. The number of nitrogens with zero attached hydrogens (tertiary/aromatic N) is 2. The van der Waals surface area contributed by atoms with E-state index in [1.165, 1.54) is 5.56 Å². The first-order valence-electron chi connectivity index (χ1n) is 5.95. The van der Waals surface area contributed by atoms with Gasteiger partial charge < -0.3 is 9.73 Å². The minimum absolute atomic E-state index is 0.753. The lowest BCUT2D eigenvalue weighted by atomic mass is 10.2. The molecule has 0 saturated carbocycles. The Balaban J connectivity index is 1.82. The number of thioether (sulfide) groups is 1. The maximum atomic E-state index is 5.69. The molecule has 5 heteroatoms. The van der Waals surface area contributed by atoms with Gasteiger partial charge >= 0.3 is 0 Å². The van der Waals surface area contributed by atoms with E-state index >= 15 is 0 Å². The van der Waals surface area contributed by atoms with Gasteiger partial charge in [0.25, 0.3) is 0 Å². The number of aryl methyl sites for hydroxylation is 2. The van der Waals surface area contributed by atoms with Crippen molar-refractivity contribution in [3.05, 3.63) is 41.1 Å². The van der Waals surface area contributed by atoms with E-state index in [0.717, 1.165) is 36.1 Å². The first kappa shape index (κ1) is 13.2. The average Bonchev–Trinajstić information content (AvgIpc) is 2.87. The molecular weight excluding hydrogens is 246 g/mol. The number of hydrogen-bond acceptors (Lipinski definition) is 4. The second-order valence-corrected chi connectivity index (χ2v) is 5.18. The number of nitrogens with one attached hydrogen (secondary N) is 1. The molecule has 0 aliphatic carbocycles. The van der Waals surface area contributed by atoms with Gasteiger partial charge in [-0.3, -0.25) is 4.68 Å². The van der Waals surface area contributed by atoms with Crippen LogP contribution in [0.3, 0.4) is 0 Å². The molecule has 0 amide bonds. The summed E-state index contributed by atoms with van der Waals surface area (Å²) >= 11 is 1.77. The van der Waals surface area contributed by atoms with Crippen LogP contribution in [0.15, 0.2) is 22.7 Å². The highest BCUT2D eigenvalue weighted by Crippen LogP contribution is 2.13. The van der Waals surface area contributed by atoms with Crippen LogP contribution in [0.25, 0.3) is 0 Å². The summed E-state index contributed by atoms with van der Waals surface area (Å²) in [5.74, 6) is 2.96. The molecule has 4 nitrogen and oxygen atoms in total. The standard InChI is InChI=1S/C13H19N3OS/c1-10-11(8-16(2)15-10)6-14-7-12-4-5-13(17-12)9-18-3/h4-5,8,14H,6-7,9H2,1-3H3. The Hall–Kier alpha value is -1.20. The summed E-state index contributed by atoms with van der Waals surface area (Å²) in [6.45, 7) is 3.60. The molecule has 0 aliphatic rings. The molecule has 0 bridgehead atoms. The molecule has 2 aromatic heterocycles. The van der Waals surface area contributed by atoms with Gasteiger partial charge in [0.15, 0.2) is 0 Å². The van der Waals surface area contributed by atoms with Gasteiger partial charge in [0.05, 0.1) is 18.0 Å². The van der Waals surface area contributed by atoms with Gasteiger partial charge in [-0.15, -0.1) is 0 Å². The molecule has 0 fully saturated rings. The third-order valence-electron chi connectivity index (χ3n) is 2.73. The third-order valence-corrected chi connectivity index (χ3v) is 3.31. The van der Waals surface area contributed by atoms with Gasteiger partial charge in [-0.25, -0.2) is 0 Å². The van der Waals surface area contributed by atoms with Crippen molar-refractivity contribution in [2.75, 3.05) is 6.26 Å². The predicted octanol–water partition coefficient (Wildman–Crippen LogP) is 2.47. The molecule has 2 aromatic rings. The van der Waals surface area contributed by atoms with E-state index in [1.807, 2.05) is 37.0 Å². The molecule has 2 rings (SSSR count). The van der Waals surface area contributed by atoms with Gasteiger partial charge in [0.1, 0.15) is 11.5 Å². The Morgan fingerprint density at radius 1 is 1.33 bits per heavy atom. The molecule has 1 N–H and O–H groups in total. The fourth-order valence-electron chi connectivity index (χ4n) is 1.88. The largest absolute Gasteiger partial charge is 0.464 e. The van der Waals surface area contributed by atoms with Gasteiger partial charge in [0.2, 0.25) is 0 Å². The van der Waals surface area contributed by atoms with Crippen LogP contribution in [-0.2, 0) is 25.9 Å². The minimum atomic E-state index is 0.753. The number of aromatic nitrogens is 2. The normalized spacial score (nSPS) is 11.1. The van der Waals surface area contributed by atoms with E-state index in [1.54, 1.807) is 11.8 Å². The monoisotopic (exact) mass is 265 g/mol. The SMILES string of the molecule is CSCc1ccc(CNCc2cn(C)nc2C)o1. The van der Waals surface area contributed by atoms with Crippen LogP contribution in [0, 0.1) is 6.92 Å². The highest BCUT2D eigenvalue weighted by molar-refractivity contribution is 7.97. The first-order valence-corrected chi connectivity index (χ1v) is 7.35. The zero-order valence-corrected chi connectivity index (χ0v) is 11.9. The Labute approximate surface area is 112 Å². The van der Waals surface area contributed by atoms with Crippen molar-refractivity contribution in [1.29, 1.82) is 0 Å². The topological polar surface area (TPSA) is 43.0 Å². The summed E-state index contributed by atoms with van der Waals surface area (Å²) in [6, 6.07) is 4.08. The average molecular weight is 265 g/mol. The van der Waals surface area contributed by atoms with E-state index in [4.69, 9.17) is 4.42 Å². The lowest BCUT2D eigenvalue weighted by molar-refractivity contribution is 0.459. The highest BCUT2D eigenvalue weighted by Gasteiger charge is 2.04. The molecule has 0 aliphatic heterocycles. The minimum Gasteiger partial charge on any atom is -0.464 e. The van der Waals surface area contributed by atoms with E-state index in [2.05, 4.69) is 16.7 Å². The Kier molecular flexibility index (Phi) is 4.49. The maximum absolute atomic E-state index is 5.69. The predicted molar refractivity (Wildman–Crippen MR) is 74.4 cm³/mol. The molecule has 0 spiro atoms. The Bertz CT molecular complexity index is 504. The number of furan rings is 1. The van der Waals surface area contributed by atoms with E-state index in [-0.39, 0.29) is 0 Å². The lowest BCUT2D eigenvalue weighted by Crippen LogP contribution is -2.12. The number of rotatable bonds is 6. The molecule has 0 aromatic carbocycles. The fourth-order valence-corrected chi connectivity index (χ4v) is 2.32. The summed E-state index contributed by atoms with van der Waals surface area (Å²) in [5.41, 5.74) is 2.31. The molecule has 98 valence electrons. The number of hydrogen-bond donors (Lipinski definition) is 1. The fraction of sp³-hybridized carbons (Fsp3) is 0.462. The van der Waals surface area contributed by atoms with Crippen LogP contribution in [-0.4, -0.2) is 16.0 Å². The van der Waals surface area contributed by atoms with Crippen molar-refractivity contribution in [3.8, 4) is 0 Å². The van der Waals surface area contributed by atoms with Crippen molar-refractivity contribution in [3.63, 3.8) is 0 Å². The molecular formula is C13H19N3OS.